The molecule has 3 aromatic carbocycles. The van der Waals surface area contributed by atoms with Crippen molar-refractivity contribution in [2.75, 3.05) is 5.73 Å². The molecule has 0 aliphatic heterocycles. The average molecular weight is 367 g/mol. The van der Waals surface area contributed by atoms with Gasteiger partial charge in [-0.15, -0.1) is 0 Å². The molecular formula is C21H16F3N3. The summed E-state index contributed by atoms with van der Waals surface area (Å²) in [5.74, 6) is 0.191. The van der Waals surface area contributed by atoms with Gasteiger partial charge < -0.3 is 10.3 Å². The molecule has 4 aromatic rings. The molecule has 4 rings (SSSR count). The molecule has 0 saturated heterocycles. The lowest BCUT2D eigenvalue weighted by atomic mass is 10.0. The molecule has 136 valence electrons. The maximum atomic E-state index is 12.9. The van der Waals surface area contributed by atoms with Crippen LogP contribution in [0.4, 0.5) is 19.1 Å². The normalized spacial score (nSPS) is 11.8. The third-order valence-electron chi connectivity index (χ3n) is 4.51. The number of nitrogen functional groups attached to an aromatic ring is 1. The van der Waals surface area contributed by atoms with Crippen LogP contribution in [0.1, 0.15) is 11.1 Å². The Hall–Kier alpha value is -3.28. The van der Waals surface area contributed by atoms with Crippen LogP contribution in [0.2, 0.25) is 0 Å². The Labute approximate surface area is 153 Å². The first-order chi connectivity index (χ1) is 12.9. The summed E-state index contributed by atoms with van der Waals surface area (Å²) < 4.78 is 40.4. The van der Waals surface area contributed by atoms with Crippen molar-refractivity contribution in [1.82, 2.24) is 9.55 Å². The minimum absolute atomic E-state index is 0.191. The van der Waals surface area contributed by atoms with Crippen molar-refractivity contribution in [1.29, 1.82) is 0 Å². The lowest BCUT2D eigenvalue weighted by Crippen LogP contribution is -2.05. The quantitative estimate of drug-likeness (QED) is 0.530. The zero-order valence-corrected chi connectivity index (χ0v) is 14.2. The average Bonchev–Trinajstić information content (AvgIpc) is 2.97. The van der Waals surface area contributed by atoms with Gasteiger partial charge in [0.1, 0.15) is 0 Å². The van der Waals surface area contributed by atoms with Crippen LogP contribution in [-0.4, -0.2) is 9.55 Å². The van der Waals surface area contributed by atoms with Crippen LogP contribution in [0.25, 0.3) is 22.2 Å². The molecule has 0 amide bonds. The predicted molar refractivity (Wildman–Crippen MR) is 100 cm³/mol. The Morgan fingerprint density at radius 1 is 0.852 bits per heavy atom. The molecule has 1 aromatic heterocycles. The predicted octanol–water partition coefficient (Wildman–Crippen LogP) is 5.35. The van der Waals surface area contributed by atoms with Gasteiger partial charge in [-0.05, 0) is 34.9 Å². The van der Waals surface area contributed by atoms with Crippen LogP contribution < -0.4 is 5.73 Å². The first-order valence-electron chi connectivity index (χ1n) is 8.39. The Kier molecular flexibility index (Phi) is 4.11. The molecule has 0 spiro atoms. The molecule has 1 heterocycles. The van der Waals surface area contributed by atoms with Crippen molar-refractivity contribution in [3.05, 3.63) is 83.9 Å². The fourth-order valence-electron chi connectivity index (χ4n) is 3.11. The monoisotopic (exact) mass is 367 g/mol. The number of aromatic nitrogens is 2. The van der Waals surface area contributed by atoms with Crippen LogP contribution in [0, 0.1) is 0 Å². The third kappa shape index (κ3) is 3.38. The number of nitrogens with two attached hydrogens (primary N) is 1. The minimum atomic E-state index is -4.40. The molecule has 0 radical (unpaired) electrons. The number of benzene rings is 3. The highest BCUT2D eigenvalue weighted by Gasteiger charge is 2.31. The molecule has 0 aliphatic rings. The van der Waals surface area contributed by atoms with Crippen LogP contribution in [0.15, 0.2) is 72.8 Å². The van der Waals surface area contributed by atoms with Gasteiger partial charge in [-0.25, -0.2) is 4.98 Å². The van der Waals surface area contributed by atoms with Gasteiger partial charge in [-0.3, -0.25) is 0 Å². The Morgan fingerprint density at radius 2 is 1.52 bits per heavy atom. The number of hydrogen-bond donors (Lipinski definition) is 1. The van der Waals surface area contributed by atoms with Crippen molar-refractivity contribution >= 4 is 17.0 Å². The molecule has 0 bridgehead atoms. The van der Waals surface area contributed by atoms with Crippen molar-refractivity contribution < 1.29 is 13.2 Å². The highest BCUT2D eigenvalue weighted by Crippen LogP contribution is 2.32. The minimum Gasteiger partial charge on any atom is -0.369 e. The molecule has 6 heteroatoms. The fourth-order valence-corrected chi connectivity index (χ4v) is 3.11. The van der Waals surface area contributed by atoms with Crippen LogP contribution in [0.5, 0.6) is 0 Å². The van der Waals surface area contributed by atoms with E-state index in [1.807, 2.05) is 54.6 Å². The smallest absolute Gasteiger partial charge is 0.369 e. The second kappa shape index (κ2) is 6.46. The van der Waals surface area contributed by atoms with Gasteiger partial charge in [0.25, 0.3) is 0 Å². The summed E-state index contributed by atoms with van der Waals surface area (Å²) in [4.78, 5) is 4.09. The Bertz CT molecular complexity index is 1080. The van der Waals surface area contributed by atoms with E-state index in [1.165, 1.54) is 6.07 Å². The van der Waals surface area contributed by atoms with E-state index in [0.29, 0.717) is 12.1 Å². The van der Waals surface area contributed by atoms with Gasteiger partial charge in [-0.2, -0.15) is 13.2 Å². The van der Waals surface area contributed by atoms with Gasteiger partial charge in [0.2, 0.25) is 5.95 Å². The summed E-state index contributed by atoms with van der Waals surface area (Å²) in [5.41, 5.74) is 9.24. The summed E-state index contributed by atoms with van der Waals surface area (Å²) in [5, 5.41) is 0. The highest BCUT2D eigenvalue weighted by atomic mass is 19.4. The largest absolute Gasteiger partial charge is 0.416 e. The van der Waals surface area contributed by atoms with E-state index in [0.717, 1.165) is 28.8 Å². The molecular weight excluding hydrogens is 351 g/mol. The van der Waals surface area contributed by atoms with E-state index in [2.05, 4.69) is 4.98 Å². The number of rotatable bonds is 3. The molecule has 0 aliphatic carbocycles. The summed E-state index contributed by atoms with van der Waals surface area (Å²) in [6.45, 7) is 0.433. The standard InChI is InChI=1S/C21H16F3N3/c22-21(23,24)17-10-11-19-18(12-17)26-20(25)27(19)13-14-6-8-16(9-7-14)15-4-2-1-3-5-15/h1-12H,13H2,(H2,25,26). The Morgan fingerprint density at radius 3 is 2.19 bits per heavy atom. The lowest BCUT2D eigenvalue weighted by molar-refractivity contribution is -0.137. The first kappa shape index (κ1) is 17.1. The van der Waals surface area contributed by atoms with Gasteiger partial charge in [0, 0.05) is 0 Å². The van der Waals surface area contributed by atoms with E-state index < -0.39 is 11.7 Å². The number of imidazole rings is 1. The van der Waals surface area contributed by atoms with Crippen LogP contribution >= 0.6 is 0 Å². The van der Waals surface area contributed by atoms with Crippen molar-refractivity contribution in [3.63, 3.8) is 0 Å². The highest BCUT2D eigenvalue weighted by molar-refractivity contribution is 5.79. The van der Waals surface area contributed by atoms with Crippen LogP contribution in [0.3, 0.4) is 0 Å². The second-order valence-corrected chi connectivity index (χ2v) is 6.32. The van der Waals surface area contributed by atoms with Gasteiger partial charge in [0.15, 0.2) is 0 Å². The molecule has 0 fully saturated rings. The number of hydrogen-bond acceptors (Lipinski definition) is 2. The second-order valence-electron chi connectivity index (χ2n) is 6.32. The number of alkyl halides is 3. The summed E-state index contributed by atoms with van der Waals surface area (Å²) >= 11 is 0. The summed E-state index contributed by atoms with van der Waals surface area (Å²) in [6, 6.07) is 21.5. The van der Waals surface area contributed by atoms with Gasteiger partial charge in [0.05, 0.1) is 23.1 Å². The Balaban J connectivity index is 1.64. The third-order valence-corrected chi connectivity index (χ3v) is 4.51. The zero-order valence-electron chi connectivity index (χ0n) is 14.2. The van der Waals surface area contributed by atoms with Gasteiger partial charge in [-0.1, -0.05) is 54.6 Å². The maximum Gasteiger partial charge on any atom is 0.416 e. The lowest BCUT2D eigenvalue weighted by Gasteiger charge is -2.09. The van der Waals surface area contributed by atoms with Crippen molar-refractivity contribution in [3.8, 4) is 11.1 Å². The number of fused-ring (bicyclic) bond motifs is 1. The molecule has 3 nitrogen and oxygen atoms in total. The molecule has 27 heavy (non-hydrogen) atoms. The van der Waals surface area contributed by atoms with E-state index in [4.69, 9.17) is 5.73 Å². The number of anilines is 1. The number of nitrogens with zero attached hydrogens (tertiary/aromatic N) is 2. The fraction of sp³-hybridized carbons (Fsp3) is 0.0952. The molecule has 0 saturated carbocycles. The maximum absolute atomic E-state index is 12.9. The molecule has 0 atom stereocenters. The first-order valence-corrected chi connectivity index (χ1v) is 8.39. The SMILES string of the molecule is Nc1nc2cc(C(F)(F)F)ccc2n1Cc1ccc(-c2ccccc2)cc1. The molecule has 2 N–H and O–H groups in total. The van der Waals surface area contributed by atoms with E-state index >= 15 is 0 Å². The number of halogens is 3. The van der Waals surface area contributed by atoms with E-state index in [-0.39, 0.29) is 11.5 Å². The summed E-state index contributed by atoms with van der Waals surface area (Å²) in [6.07, 6.45) is -4.40. The van der Waals surface area contributed by atoms with Crippen molar-refractivity contribution in [2.24, 2.45) is 0 Å². The van der Waals surface area contributed by atoms with E-state index in [9.17, 15) is 13.2 Å². The van der Waals surface area contributed by atoms with Gasteiger partial charge >= 0.3 is 6.18 Å². The van der Waals surface area contributed by atoms with Crippen LogP contribution in [-0.2, 0) is 12.7 Å². The molecule has 0 unspecified atom stereocenters. The zero-order chi connectivity index (χ0) is 19.0. The van der Waals surface area contributed by atoms with Crippen molar-refractivity contribution in [2.45, 2.75) is 12.7 Å². The van der Waals surface area contributed by atoms with E-state index in [1.54, 1.807) is 4.57 Å². The summed E-state index contributed by atoms with van der Waals surface area (Å²) in [7, 11) is 0. The topological polar surface area (TPSA) is 43.8 Å².